The van der Waals surface area contributed by atoms with Crippen LogP contribution in [0, 0.1) is 5.82 Å². The molecule has 0 N–H and O–H groups in total. The van der Waals surface area contributed by atoms with Crippen LogP contribution in [0.15, 0.2) is 34.8 Å². The van der Waals surface area contributed by atoms with E-state index in [1.54, 1.807) is 12.1 Å². The maximum Gasteiger partial charge on any atom is 0.123 e. The van der Waals surface area contributed by atoms with Gasteiger partial charge in [0.2, 0.25) is 0 Å². The predicted molar refractivity (Wildman–Crippen MR) is 74.0 cm³/mol. The Kier molecular flexibility index (Phi) is 3.16. The number of aryl methyl sites for hydroxylation is 1. The molecule has 1 aromatic heterocycles. The minimum absolute atomic E-state index is 0.212. The highest BCUT2D eigenvalue weighted by atomic mass is 79.9. The Labute approximate surface area is 114 Å². The normalized spacial score (nSPS) is 14.3. The van der Waals surface area contributed by atoms with Gasteiger partial charge in [0.05, 0.1) is 5.69 Å². The minimum atomic E-state index is -0.212. The van der Waals surface area contributed by atoms with E-state index in [0.29, 0.717) is 0 Å². The molecule has 0 amide bonds. The summed E-state index contributed by atoms with van der Waals surface area (Å²) >= 11 is 3.63. The second kappa shape index (κ2) is 4.81. The molecule has 0 aliphatic heterocycles. The van der Waals surface area contributed by atoms with Gasteiger partial charge in [0, 0.05) is 15.7 Å². The van der Waals surface area contributed by atoms with Gasteiger partial charge in [0.15, 0.2) is 0 Å². The number of hydrogen-bond acceptors (Lipinski definition) is 1. The fraction of sp³-hybridized carbons (Fsp3) is 0.267. The van der Waals surface area contributed by atoms with Crippen molar-refractivity contribution in [1.82, 2.24) is 4.98 Å². The van der Waals surface area contributed by atoms with Crippen LogP contribution < -0.4 is 0 Å². The average Bonchev–Trinajstić information content (AvgIpc) is 2.39. The standard InChI is InChI=1S/C15H13BrFN/c16-13-9-15(10-5-7-11(17)8-6-10)18-14-4-2-1-3-12(13)14/h5-9H,1-4H2. The van der Waals surface area contributed by atoms with Crippen LogP contribution in [0.4, 0.5) is 4.39 Å². The first-order valence-corrected chi connectivity index (χ1v) is 6.97. The zero-order valence-corrected chi connectivity index (χ0v) is 11.5. The zero-order chi connectivity index (χ0) is 12.5. The zero-order valence-electron chi connectivity index (χ0n) is 9.92. The average molecular weight is 306 g/mol. The number of aromatic nitrogens is 1. The quantitative estimate of drug-likeness (QED) is 0.754. The Hall–Kier alpha value is -1.22. The molecule has 0 unspecified atom stereocenters. The van der Waals surface area contributed by atoms with E-state index >= 15 is 0 Å². The number of benzene rings is 1. The van der Waals surface area contributed by atoms with Crippen molar-refractivity contribution >= 4 is 15.9 Å². The minimum Gasteiger partial charge on any atom is -0.252 e. The van der Waals surface area contributed by atoms with Crippen molar-refractivity contribution in [3.8, 4) is 11.3 Å². The van der Waals surface area contributed by atoms with Crippen molar-refractivity contribution in [3.05, 3.63) is 51.9 Å². The molecule has 0 bridgehead atoms. The highest BCUT2D eigenvalue weighted by Crippen LogP contribution is 2.31. The number of pyridine rings is 1. The molecule has 0 fully saturated rings. The Morgan fingerprint density at radius 3 is 2.56 bits per heavy atom. The molecule has 0 atom stereocenters. The number of rotatable bonds is 1. The first-order chi connectivity index (χ1) is 8.74. The summed E-state index contributed by atoms with van der Waals surface area (Å²) in [5.74, 6) is -0.212. The van der Waals surface area contributed by atoms with Crippen LogP contribution in [0.1, 0.15) is 24.1 Å². The van der Waals surface area contributed by atoms with Gasteiger partial charge in [-0.05, 0) is 61.6 Å². The fourth-order valence-corrected chi connectivity index (χ4v) is 3.07. The van der Waals surface area contributed by atoms with E-state index in [2.05, 4.69) is 15.9 Å². The summed E-state index contributed by atoms with van der Waals surface area (Å²) in [7, 11) is 0. The Bertz CT molecular complexity index is 578. The molecule has 1 nitrogen and oxygen atoms in total. The van der Waals surface area contributed by atoms with E-state index in [1.807, 2.05) is 6.07 Å². The van der Waals surface area contributed by atoms with E-state index in [0.717, 1.165) is 28.6 Å². The van der Waals surface area contributed by atoms with Crippen LogP contribution in [0.5, 0.6) is 0 Å². The van der Waals surface area contributed by atoms with Crippen LogP contribution in [0.25, 0.3) is 11.3 Å². The summed E-state index contributed by atoms with van der Waals surface area (Å²) < 4.78 is 14.1. The summed E-state index contributed by atoms with van der Waals surface area (Å²) in [5.41, 5.74) is 4.41. The van der Waals surface area contributed by atoms with Crippen LogP contribution in [0.2, 0.25) is 0 Å². The lowest BCUT2D eigenvalue weighted by atomic mass is 9.95. The molecule has 92 valence electrons. The molecule has 0 saturated heterocycles. The predicted octanol–water partition coefficient (Wildman–Crippen LogP) is 4.53. The molecule has 1 aromatic carbocycles. The van der Waals surface area contributed by atoms with E-state index in [-0.39, 0.29) is 5.82 Å². The molecule has 3 rings (SSSR count). The second-order valence-corrected chi connectivity index (χ2v) is 5.48. The second-order valence-electron chi connectivity index (χ2n) is 4.63. The Balaban J connectivity index is 2.08. The van der Waals surface area contributed by atoms with Crippen LogP contribution >= 0.6 is 15.9 Å². The third-order valence-corrected chi connectivity index (χ3v) is 4.09. The van der Waals surface area contributed by atoms with Crippen LogP contribution in [-0.2, 0) is 12.8 Å². The third-order valence-electron chi connectivity index (χ3n) is 3.39. The van der Waals surface area contributed by atoms with Gasteiger partial charge in [0.25, 0.3) is 0 Å². The van der Waals surface area contributed by atoms with E-state index in [4.69, 9.17) is 4.98 Å². The number of nitrogens with zero attached hydrogens (tertiary/aromatic N) is 1. The Morgan fingerprint density at radius 2 is 1.78 bits per heavy atom. The van der Waals surface area contributed by atoms with Crippen molar-refractivity contribution in [2.75, 3.05) is 0 Å². The molecular weight excluding hydrogens is 293 g/mol. The maximum absolute atomic E-state index is 12.9. The van der Waals surface area contributed by atoms with Gasteiger partial charge >= 0.3 is 0 Å². The van der Waals surface area contributed by atoms with Gasteiger partial charge < -0.3 is 0 Å². The smallest absolute Gasteiger partial charge is 0.123 e. The van der Waals surface area contributed by atoms with Gasteiger partial charge in [0.1, 0.15) is 5.82 Å². The van der Waals surface area contributed by atoms with Gasteiger partial charge in [-0.1, -0.05) is 15.9 Å². The van der Waals surface area contributed by atoms with Crippen molar-refractivity contribution in [3.63, 3.8) is 0 Å². The SMILES string of the molecule is Fc1ccc(-c2cc(Br)c3c(n2)CCCC3)cc1. The Morgan fingerprint density at radius 1 is 1.06 bits per heavy atom. The summed E-state index contributed by atoms with van der Waals surface area (Å²) in [5, 5.41) is 0. The third kappa shape index (κ3) is 2.19. The molecule has 0 spiro atoms. The van der Waals surface area contributed by atoms with Crippen molar-refractivity contribution in [2.24, 2.45) is 0 Å². The molecule has 1 aliphatic rings. The first-order valence-electron chi connectivity index (χ1n) is 6.18. The monoisotopic (exact) mass is 305 g/mol. The number of fused-ring (bicyclic) bond motifs is 1. The van der Waals surface area contributed by atoms with E-state index in [9.17, 15) is 4.39 Å². The summed E-state index contributed by atoms with van der Waals surface area (Å²) in [6, 6.07) is 8.55. The lowest BCUT2D eigenvalue weighted by Gasteiger charge is -2.17. The lowest BCUT2D eigenvalue weighted by molar-refractivity contribution is 0.628. The number of hydrogen-bond donors (Lipinski definition) is 0. The maximum atomic E-state index is 12.9. The summed E-state index contributed by atoms with van der Waals surface area (Å²) in [6.07, 6.45) is 4.60. The highest BCUT2D eigenvalue weighted by molar-refractivity contribution is 9.10. The topological polar surface area (TPSA) is 12.9 Å². The van der Waals surface area contributed by atoms with Crippen LogP contribution in [0.3, 0.4) is 0 Å². The number of halogens is 2. The first kappa shape index (κ1) is 11.8. The van der Waals surface area contributed by atoms with Gasteiger partial charge in [-0.3, -0.25) is 4.98 Å². The van der Waals surface area contributed by atoms with Gasteiger partial charge in [-0.15, -0.1) is 0 Å². The fourth-order valence-electron chi connectivity index (χ4n) is 2.42. The molecular formula is C15H13BrFN. The van der Waals surface area contributed by atoms with Crippen LogP contribution in [-0.4, -0.2) is 4.98 Å². The van der Waals surface area contributed by atoms with E-state index in [1.165, 1.54) is 36.2 Å². The van der Waals surface area contributed by atoms with Gasteiger partial charge in [-0.25, -0.2) is 4.39 Å². The van der Waals surface area contributed by atoms with Crippen molar-refractivity contribution < 1.29 is 4.39 Å². The molecule has 0 saturated carbocycles. The lowest BCUT2D eigenvalue weighted by Crippen LogP contribution is -2.07. The van der Waals surface area contributed by atoms with E-state index < -0.39 is 0 Å². The molecule has 3 heteroatoms. The highest BCUT2D eigenvalue weighted by Gasteiger charge is 2.15. The van der Waals surface area contributed by atoms with Crippen molar-refractivity contribution in [1.29, 1.82) is 0 Å². The van der Waals surface area contributed by atoms with Crippen molar-refractivity contribution in [2.45, 2.75) is 25.7 Å². The summed E-state index contributed by atoms with van der Waals surface area (Å²) in [6.45, 7) is 0. The van der Waals surface area contributed by atoms with Gasteiger partial charge in [-0.2, -0.15) is 0 Å². The molecule has 0 radical (unpaired) electrons. The molecule has 18 heavy (non-hydrogen) atoms. The molecule has 1 aliphatic carbocycles. The largest absolute Gasteiger partial charge is 0.252 e. The molecule has 2 aromatic rings. The summed E-state index contributed by atoms with van der Waals surface area (Å²) in [4.78, 5) is 4.72. The molecule has 1 heterocycles.